The Labute approximate surface area is 167 Å². The van der Waals surface area contributed by atoms with Crippen molar-refractivity contribution < 1.29 is 28.5 Å². The van der Waals surface area contributed by atoms with Crippen molar-refractivity contribution in [2.24, 2.45) is 0 Å². The van der Waals surface area contributed by atoms with Crippen LogP contribution in [0.15, 0.2) is 48.5 Å². The second-order valence-corrected chi connectivity index (χ2v) is 7.09. The Bertz CT molecular complexity index is 851. The normalized spacial score (nSPS) is 23.9. The summed E-state index contributed by atoms with van der Waals surface area (Å²) in [4.78, 5) is 14.3. The van der Waals surface area contributed by atoms with Crippen molar-refractivity contribution in [2.45, 2.75) is 30.7 Å². The fourth-order valence-corrected chi connectivity index (χ4v) is 3.73. The first-order valence-electron chi connectivity index (χ1n) is 9.37. The average Bonchev–Trinajstić information content (AvgIpc) is 2.97. The number of halogens is 2. The number of amides is 1. The lowest BCUT2D eigenvalue weighted by molar-refractivity contribution is 0.0109. The van der Waals surface area contributed by atoms with Gasteiger partial charge in [0.1, 0.15) is 29.6 Å². The number of carbonyl (C=O) groups excluding carboxylic acids is 1. The largest absolute Gasteiger partial charge is 0.487 e. The van der Waals surface area contributed by atoms with Gasteiger partial charge in [-0.05, 0) is 31.3 Å². The summed E-state index contributed by atoms with van der Waals surface area (Å²) in [6.07, 6.45) is -1.49. The molecule has 2 aromatic rings. The molecule has 8 heteroatoms. The lowest BCUT2D eigenvalue weighted by Crippen LogP contribution is -2.52. The highest BCUT2D eigenvalue weighted by Gasteiger charge is 2.46. The first-order valence-corrected chi connectivity index (χ1v) is 9.37. The molecule has 0 saturated heterocycles. The van der Waals surface area contributed by atoms with Crippen LogP contribution in [0.25, 0.3) is 0 Å². The van der Waals surface area contributed by atoms with Gasteiger partial charge >= 0.3 is 0 Å². The van der Waals surface area contributed by atoms with Gasteiger partial charge in [-0.15, -0.1) is 0 Å². The molecule has 0 aromatic heterocycles. The maximum absolute atomic E-state index is 14.0. The Morgan fingerprint density at radius 2 is 2.00 bits per heavy atom. The number of carbonyl (C=O) groups is 1. The van der Waals surface area contributed by atoms with E-state index in [1.807, 2.05) is 0 Å². The van der Waals surface area contributed by atoms with E-state index >= 15 is 0 Å². The molecule has 0 unspecified atom stereocenters. The average molecular weight is 406 g/mol. The van der Waals surface area contributed by atoms with Crippen LogP contribution < -0.4 is 10.1 Å². The third-order valence-corrected chi connectivity index (χ3v) is 5.11. The quantitative estimate of drug-likeness (QED) is 0.650. The molecule has 6 nitrogen and oxygen atoms in total. The SMILES string of the molecule is CN(CCO)[C@@H]1[C@@H](O)[C@H](Oc2cccc(F)c2)C[C@H]1NC(=O)c1ccccc1F. The highest BCUT2D eigenvalue weighted by molar-refractivity contribution is 5.94. The van der Waals surface area contributed by atoms with Crippen molar-refractivity contribution in [3.63, 3.8) is 0 Å². The topological polar surface area (TPSA) is 82.0 Å². The number of benzene rings is 2. The maximum atomic E-state index is 14.0. The zero-order valence-corrected chi connectivity index (χ0v) is 16.0. The summed E-state index contributed by atoms with van der Waals surface area (Å²) in [7, 11) is 1.71. The molecule has 1 fully saturated rings. The molecule has 156 valence electrons. The van der Waals surface area contributed by atoms with E-state index in [9.17, 15) is 23.8 Å². The Morgan fingerprint density at radius 3 is 2.69 bits per heavy atom. The second-order valence-electron chi connectivity index (χ2n) is 7.09. The van der Waals surface area contributed by atoms with E-state index in [1.165, 1.54) is 36.4 Å². The molecule has 0 heterocycles. The highest BCUT2D eigenvalue weighted by atomic mass is 19.1. The van der Waals surface area contributed by atoms with Crippen LogP contribution >= 0.6 is 0 Å². The Balaban J connectivity index is 1.79. The molecule has 0 spiro atoms. The maximum Gasteiger partial charge on any atom is 0.254 e. The first kappa shape index (κ1) is 21.2. The summed E-state index contributed by atoms with van der Waals surface area (Å²) in [5, 5.41) is 22.8. The Kier molecular flexibility index (Phi) is 6.79. The lowest BCUT2D eigenvalue weighted by atomic mass is 10.1. The van der Waals surface area contributed by atoms with Crippen molar-refractivity contribution in [2.75, 3.05) is 20.2 Å². The van der Waals surface area contributed by atoms with Gasteiger partial charge in [-0.25, -0.2) is 8.78 Å². The number of nitrogens with one attached hydrogen (secondary N) is 1. The summed E-state index contributed by atoms with van der Waals surface area (Å²) >= 11 is 0. The minimum Gasteiger partial charge on any atom is -0.487 e. The van der Waals surface area contributed by atoms with E-state index in [2.05, 4.69) is 5.32 Å². The van der Waals surface area contributed by atoms with Gasteiger partial charge in [0.25, 0.3) is 5.91 Å². The standard InChI is InChI=1S/C21H24F2N2O4/c1-25(9-10-26)19-17(24-21(28)15-7-2-3-8-16(15)23)12-18(20(19)27)29-14-6-4-5-13(22)11-14/h2-8,11,17-20,26-27H,9-10,12H2,1H3,(H,24,28)/t17-,18-,19+,20+/m1/s1. The van der Waals surface area contributed by atoms with Crippen LogP contribution in [0.3, 0.4) is 0 Å². The molecule has 1 amide bonds. The van der Waals surface area contributed by atoms with Crippen LogP contribution in [0, 0.1) is 11.6 Å². The minimum absolute atomic E-state index is 0.0972. The number of hydrogen-bond donors (Lipinski definition) is 3. The number of rotatable bonds is 7. The van der Waals surface area contributed by atoms with Gasteiger partial charge in [-0.2, -0.15) is 0 Å². The summed E-state index contributed by atoms with van der Waals surface area (Å²) < 4.78 is 33.2. The Morgan fingerprint density at radius 1 is 1.24 bits per heavy atom. The van der Waals surface area contributed by atoms with Gasteiger partial charge in [-0.3, -0.25) is 9.69 Å². The number of aliphatic hydroxyl groups is 2. The van der Waals surface area contributed by atoms with Crippen molar-refractivity contribution in [1.29, 1.82) is 0 Å². The molecular weight excluding hydrogens is 382 g/mol. The molecule has 0 bridgehead atoms. The number of ether oxygens (including phenoxy) is 1. The Hall–Kier alpha value is -2.55. The summed E-state index contributed by atoms with van der Waals surface area (Å²) in [6.45, 7) is 0.129. The zero-order valence-electron chi connectivity index (χ0n) is 16.0. The third-order valence-electron chi connectivity index (χ3n) is 5.11. The van der Waals surface area contributed by atoms with Crippen molar-refractivity contribution in [3.05, 3.63) is 65.7 Å². The number of aliphatic hydroxyl groups excluding tert-OH is 2. The first-order chi connectivity index (χ1) is 13.9. The second kappa shape index (κ2) is 9.30. The van der Waals surface area contributed by atoms with E-state index in [1.54, 1.807) is 24.1 Å². The fourth-order valence-electron chi connectivity index (χ4n) is 3.73. The summed E-state index contributed by atoms with van der Waals surface area (Å²) in [5.74, 6) is -1.45. The monoisotopic (exact) mass is 406 g/mol. The lowest BCUT2D eigenvalue weighted by Gasteiger charge is -2.31. The van der Waals surface area contributed by atoms with Crippen LogP contribution in [-0.4, -0.2) is 65.5 Å². The van der Waals surface area contributed by atoms with Gasteiger partial charge in [0.2, 0.25) is 0 Å². The van der Waals surface area contributed by atoms with E-state index in [0.717, 1.165) is 0 Å². The predicted molar refractivity (Wildman–Crippen MR) is 103 cm³/mol. The molecule has 2 aromatic carbocycles. The van der Waals surface area contributed by atoms with E-state index in [0.29, 0.717) is 0 Å². The molecule has 4 atom stereocenters. The number of likely N-dealkylation sites (N-methyl/N-ethyl adjacent to an activating group) is 1. The van der Waals surface area contributed by atoms with E-state index < -0.39 is 41.8 Å². The van der Waals surface area contributed by atoms with Crippen LogP contribution in [-0.2, 0) is 0 Å². The number of nitrogens with zero attached hydrogens (tertiary/aromatic N) is 1. The van der Waals surface area contributed by atoms with Gasteiger partial charge in [0.05, 0.1) is 24.3 Å². The fraction of sp³-hybridized carbons (Fsp3) is 0.381. The van der Waals surface area contributed by atoms with Crippen molar-refractivity contribution in [1.82, 2.24) is 10.2 Å². The van der Waals surface area contributed by atoms with Gasteiger partial charge < -0.3 is 20.3 Å². The van der Waals surface area contributed by atoms with Crippen molar-refractivity contribution >= 4 is 5.91 Å². The molecule has 0 aliphatic heterocycles. The molecule has 3 N–H and O–H groups in total. The van der Waals surface area contributed by atoms with Gasteiger partial charge in [0.15, 0.2) is 0 Å². The highest BCUT2D eigenvalue weighted by Crippen LogP contribution is 2.29. The molecule has 1 saturated carbocycles. The minimum atomic E-state index is -1.01. The molecule has 1 aliphatic rings. The van der Waals surface area contributed by atoms with Crippen LogP contribution in [0.2, 0.25) is 0 Å². The van der Waals surface area contributed by atoms with Crippen molar-refractivity contribution in [3.8, 4) is 5.75 Å². The molecular formula is C21H24F2N2O4. The van der Waals surface area contributed by atoms with Gasteiger partial charge in [0, 0.05) is 19.0 Å². The van der Waals surface area contributed by atoms with Crippen LogP contribution in [0.4, 0.5) is 8.78 Å². The smallest absolute Gasteiger partial charge is 0.254 e. The molecule has 29 heavy (non-hydrogen) atoms. The predicted octanol–water partition coefficient (Wildman–Crippen LogP) is 1.57. The van der Waals surface area contributed by atoms with E-state index in [4.69, 9.17) is 4.74 Å². The summed E-state index contributed by atoms with van der Waals surface area (Å²) in [6, 6.07) is 10.1. The zero-order chi connectivity index (χ0) is 21.0. The molecule has 0 radical (unpaired) electrons. The van der Waals surface area contributed by atoms with Crippen LogP contribution in [0.1, 0.15) is 16.8 Å². The molecule has 1 aliphatic carbocycles. The van der Waals surface area contributed by atoms with Gasteiger partial charge in [-0.1, -0.05) is 18.2 Å². The summed E-state index contributed by atoms with van der Waals surface area (Å²) in [5.41, 5.74) is -0.0972. The van der Waals surface area contributed by atoms with E-state index in [-0.39, 0.29) is 30.9 Å². The third kappa shape index (κ3) is 4.90. The van der Waals surface area contributed by atoms with Crippen LogP contribution in [0.5, 0.6) is 5.75 Å². The molecule has 3 rings (SSSR count). The number of hydrogen-bond acceptors (Lipinski definition) is 5.